The summed E-state index contributed by atoms with van der Waals surface area (Å²) in [7, 11) is -8.31. The van der Waals surface area contributed by atoms with Gasteiger partial charge in [0.05, 0.1) is 31.1 Å². The Balaban J connectivity index is 5.40. The first-order chi connectivity index (χ1) is 11.6. The molecule has 0 saturated heterocycles. The van der Waals surface area contributed by atoms with Gasteiger partial charge in [0.1, 0.15) is 5.60 Å². The molecule has 0 bridgehead atoms. The second-order valence-corrected chi connectivity index (χ2v) is 8.67. The molecule has 0 aliphatic carbocycles. The minimum atomic E-state index is -4.19. The highest BCUT2D eigenvalue weighted by atomic mass is 32.2. The van der Waals surface area contributed by atoms with Crippen molar-refractivity contribution in [2.24, 2.45) is 0 Å². The molecule has 1 amide bonds. The molecule has 0 rings (SSSR count). The summed E-state index contributed by atoms with van der Waals surface area (Å²) in [5.74, 6) is 0. The van der Waals surface area contributed by atoms with E-state index in [1.54, 1.807) is 0 Å². The van der Waals surface area contributed by atoms with E-state index in [9.17, 15) is 21.6 Å². The molecule has 0 aromatic carbocycles. The van der Waals surface area contributed by atoms with E-state index in [0.29, 0.717) is 17.4 Å². The van der Waals surface area contributed by atoms with Gasteiger partial charge in [-0.25, -0.2) is 4.79 Å². The molecule has 0 atom stereocenters. The summed E-state index contributed by atoms with van der Waals surface area (Å²) in [6, 6.07) is 0. The number of hydrogen-bond donors (Lipinski definition) is 0. The lowest BCUT2D eigenvalue weighted by molar-refractivity contribution is 0.0220. The smallest absolute Gasteiger partial charge is 0.410 e. The predicted octanol–water partition coefficient (Wildman–Crippen LogP) is 0.566. The number of rotatable bonds is 9. The van der Waals surface area contributed by atoms with Crippen LogP contribution in [0.25, 0.3) is 0 Å². The molecule has 0 saturated carbocycles. The largest absolute Gasteiger partial charge is 0.444 e. The third-order valence-corrected chi connectivity index (χ3v) is 2.65. The molecule has 0 heterocycles. The third kappa shape index (κ3) is 14.4. The third-order valence-electron chi connectivity index (χ3n) is 1.81. The minimum absolute atomic E-state index is 0.538. The van der Waals surface area contributed by atoms with Crippen LogP contribution in [-0.4, -0.2) is 72.1 Å². The van der Waals surface area contributed by atoms with Gasteiger partial charge >= 0.3 is 6.09 Å². The first-order valence-electron chi connectivity index (χ1n) is 8.40. The number of carbonyl (C=O) groups is 1. The van der Waals surface area contributed by atoms with Crippen LogP contribution in [-0.2, 0) is 33.3 Å². The molecule has 0 aromatic rings. The van der Waals surface area contributed by atoms with Crippen LogP contribution in [0.15, 0.2) is 0 Å². The van der Waals surface area contributed by atoms with E-state index in [-0.39, 0.29) is 0 Å². The number of amides is 1. The maximum absolute atomic E-state index is 12.3. The molecule has 9 nitrogen and oxygen atoms in total. The Morgan fingerprint density at radius 1 is 1.00 bits per heavy atom. The molecule has 0 unspecified atom stereocenters. The van der Waals surface area contributed by atoms with E-state index in [2.05, 4.69) is 8.37 Å². The first-order valence-corrected chi connectivity index (χ1v) is 10.0. The lowest BCUT2D eigenvalue weighted by Gasteiger charge is -2.27. The summed E-state index contributed by atoms with van der Waals surface area (Å²) in [6.07, 6.45) is -0.455. The van der Waals surface area contributed by atoms with E-state index in [0.717, 1.165) is 0 Å². The van der Waals surface area contributed by atoms with E-state index in [1.165, 1.54) is 20.8 Å². The summed E-state index contributed by atoms with van der Waals surface area (Å²) in [4.78, 5) is 12.9. The summed E-state index contributed by atoms with van der Waals surface area (Å²) >= 11 is 0. The average Bonchev–Trinajstić information content (AvgIpc) is 2.25. The molecule has 0 aromatic heterocycles. The predicted molar refractivity (Wildman–Crippen MR) is 84.0 cm³/mol. The molecule has 11 heteroatoms. The van der Waals surface area contributed by atoms with Crippen LogP contribution < -0.4 is 0 Å². The highest BCUT2D eigenvalue weighted by molar-refractivity contribution is 7.86. The maximum Gasteiger partial charge on any atom is 0.410 e. The van der Waals surface area contributed by atoms with Crippen molar-refractivity contribution >= 4 is 26.3 Å². The standard InChI is InChI=1S/C12H25NO8S2/c1-12(2,3)21-11(14)13(8-10-20-23(5,17)18)7-6-9-19-22(4,15)16/h6-10H2,1-5H3/i9D2,10D2. The zero-order valence-corrected chi connectivity index (χ0v) is 15.3. The zero-order valence-electron chi connectivity index (χ0n) is 17.7. The SMILES string of the molecule is [2H]C([2H])(CCN(CC([2H])([2H])OS(C)(=O)=O)C(=O)OC(C)(C)C)OS(C)(=O)=O. The molecule has 23 heavy (non-hydrogen) atoms. The van der Waals surface area contributed by atoms with E-state index in [4.69, 9.17) is 10.2 Å². The van der Waals surface area contributed by atoms with Crippen LogP contribution >= 0.6 is 0 Å². The molecule has 0 aliphatic rings. The molecule has 0 aliphatic heterocycles. The van der Waals surface area contributed by atoms with Gasteiger partial charge in [0.15, 0.2) is 0 Å². The van der Waals surface area contributed by atoms with Crippen LogP contribution in [0.3, 0.4) is 0 Å². The molecule has 138 valence electrons. The number of nitrogens with zero attached hydrogens (tertiary/aromatic N) is 1. The van der Waals surface area contributed by atoms with Crippen molar-refractivity contribution in [1.82, 2.24) is 4.90 Å². The Hall–Kier alpha value is -0.910. The summed E-state index contributed by atoms with van der Waals surface area (Å²) in [6.45, 7) is -2.34. The Bertz CT molecular complexity index is 731. The van der Waals surface area contributed by atoms with Crippen molar-refractivity contribution in [1.29, 1.82) is 0 Å². The molecule has 0 N–H and O–H groups in total. The van der Waals surface area contributed by atoms with Crippen molar-refractivity contribution in [3.8, 4) is 0 Å². The van der Waals surface area contributed by atoms with Crippen LogP contribution in [0.1, 0.15) is 32.7 Å². The van der Waals surface area contributed by atoms with Crippen molar-refractivity contribution < 1.29 is 40.2 Å². The van der Waals surface area contributed by atoms with E-state index < -0.39 is 64.6 Å². The van der Waals surface area contributed by atoms with Crippen LogP contribution in [0, 0.1) is 0 Å². The van der Waals surface area contributed by atoms with Crippen molar-refractivity contribution in [3.63, 3.8) is 0 Å². The average molecular weight is 379 g/mol. The second-order valence-electron chi connectivity index (χ2n) is 5.52. The van der Waals surface area contributed by atoms with Gasteiger partial charge < -0.3 is 9.64 Å². The van der Waals surface area contributed by atoms with Gasteiger partial charge in [-0.15, -0.1) is 0 Å². The van der Waals surface area contributed by atoms with Gasteiger partial charge in [-0.05, 0) is 27.2 Å². The van der Waals surface area contributed by atoms with Crippen molar-refractivity contribution in [2.75, 3.05) is 38.7 Å². The van der Waals surface area contributed by atoms with Gasteiger partial charge in [0, 0.05) is 13.1 Å². The van der Waals surface area contributed by atoms with E-state index in [1.807, 2.05) is 0 Å². The fraction of sp³-hybridized carbons (Fsp3) is 0.917. The van der Waals surface area contributed by atoms with Crippen LogP contribution in [0.2, 0.25) is 0 Å². The second kappa shape index (κ2) is 8.81. The van der Waals surface area contributed by atoms with Gasteiger partial charge in [0.25, 0.3) is 20.2 Å². The van der Waals surface area contributed by atoms with Gasteiger partial charge in [-0.1, -0.05) is 0 Å². The molecule has 0 spiro atoms. The Morgan fingerprint density at radius 2 is 1.48 bits per heavy atom. The summed E-state index contributed by atoms with van der Waals surface area (Å²) in [5, 5.41) is 0. The number of hydrogen-bond acceptors (Lipinski definition) is 8. The summed E-state index contributed by atoms with van der Waals surface area (Å²) < 4.78 is 88.4. The normalized spacial score (nSPS) is 16.7. The maximum atomic E-state index is 12.3. The Kier molecular flexibility index (Phi) is 5.98. The number of carbonyl (C=O) groups excluding carboxylic acids is 1. The van der Waals surface area contributed by atoms with Gasteiger partial charge in [0.2, 0.25) is 0 Å². The van der Waals surface area contributed by atoms with Crippen molar-refractivity contribution in [2.45, 2.75) is 32.8 Å². The molecular formula is C12H25NO8S2. The molecular weight excluding hydrogens is 350 g/mol. The van der Waals surface area contributed by atoms with Crippen LogP contribution in [0.5, 0.6) is 0 Å². The van der Waals surface area contributed by atoms with Gasteiger partial charge in [-0.2, -0.15) is 16.8 Å². The molecule has 0 radical (unpaired) electrons. The zero-order chi connectivity index (χ0) is 21.9. The first kappa shape index (κ1) is 15.6. The number of ether oxygens (including phenoxy) is 1. The molecule has 0 fully saturated rings. The lowest BCUT2D eigenvalue weighted by atomic mass is 10.2. The highest BCUT2D eigenvalue weighted by Gasteiger charge is 2.22. The quantitative estimate of drug-likeness (QED) is 0.534. The van der Waals surface area contributed by atoms with E-state index >= 15 is 0 Å². The van der Waals surface area contributed by atoms with Crippen LogP contribution in [0.4, 0.5) is 4.79 Å². The lowest BCUT2D eigenvalue weighted by Crippen LogP contribution is -2.39. The topological polar surface area (TPSA) is 116 Å². The minimum Gasteiger partial charge on any atom is -0.444 e. The Labute approximate surface area is 143 Å². The summed E-state index contributed by atoms with van der Waals surface area (Å²) in [5.41, 5.74) is -0.970. The monoisotopic (exact) mass is 379 g/mol. The van der Waals surface area contributed by atoms with Crippen molar-refractivity contribution in [3.05, 3.63) is 0 Å². The fourth-order valence-corrected chi connectivity index (χ4v) is 1.67. The fourth-order valence-electron chi connectivity index (χ4n) is 1.10. The highest BCUT2D eigenvalue weighted by Crippen LogP contribution is 2.10. The van der Waals surface area contributed by atoms with Gasteiger partial charge in [-0.3, -0.25) is 8.37 Å². The Morgan fingerprint density at radius 3 is 1.91 bits per heavy atom.